The van der Waals surface area contributed by atoms with Gasteiger partial charge in [-0.25, -0.2) is 0 Å². The van der Waals surface area contributed by atoms with Gasteiger partial charge in [-0.2, -0.15) is 0 Å². The Morgan fingerprint density at radius 2 is 1.96 bits per heavy atom. The van der Waals surface area contributed by atoms with E-state index in [4.69, 9.17) is 10.8 Å². The Balaban J connectivity index is 2.13. The molecule has 0 spiro atoms. The van der Waals surface area contributed by atoms with E-state index in [2.05, 4.69) is 22.9 Å². The number of anilines is 3. The SMILES string of the molecule is CNc1cc(NCCCO)c(C(=O)NC2CCC(C)CC2)cc1N. The van der Waals surface area contributed by atoms with Gasteiger partial charge in [-0.05, 0) is 50.2 Å². The molecule has 0 aliphatic heterocycles. The van der Waals surface area contributed by atoms with Gasteiger partial charge >= 0.3 is 0 Å². The predicted octanol–water partition coefficient (Wildman–Crippen LogP) is 2.41. The van der Waals surface area contributed by atoms with Crippen molar-refractivity contribution in [3.8, 4) is 0 Å². The number of carbonyl (C=O) groups is 1. The van der Waals surface area contributed by atoms with Crippen LogP contribution in [0.1, 0.15) is 49.4 Å². The predicted molar refractivity (Wildman–Crippen MR) is 99.5 cm³/mol. The third kappa shape index (κ3) is 4.77. The molecule has 6 heteroatoms. The summed E-state index contributed by atoms with van der Waals surface area (Å²) in [5.41, 5.74) is 8.66. The zero-order valence-electron chi connectivity index (χ0n) is 14.7. The van der Waals surface area contributed by atoms with Gasteiger partial charge in [0.15, 0.2) is 0 Å². The molecule has 0 bridgehead atoms. The van der Waals surface area contributed by atoms with Gasteiger partial charge in [0.05, 0.1) is 16.9 Å². The van der Waals surface area contributed by atoms with Crippen LogP contribution < -0.4 is 21.7 Å². The molecule has 2 rings (SSSR count). The first-order chi connectivity index (χ1) is 11.5. The Morgan fingerprint density at radius 3 is 2.58 bits per heavy atom. The molecule has 1 amide bonds. The van der Waals surface area contributed by atoms with E-state index in [9.17, 15) is 4.79 Å². The van der Waals surface area contributed by atoms with Crippen molar-refractivity contribution in [1.82, 2.24) is 5.32 Å². The molecule has 1 aromatic carbocycles. The normalized spacial score (nSPS) is 20.5. The number of aliphatic hydroxyl groups is 1. The molecule has 1 aromatic rings. The Hall–Kier alpha value is -1.95. The summed E-state index contributed by atoms with van der Waals surface area (Å²) in [7, 11) is 1.80. The molecule has 0 radical (unpaired) electrons. The first-order valence-electron chi connectivity index (χ1n) is 8.82. The van der Waals surface area contributed by atoms with Gasteiger partial charge in [0.2, 0.25) is 0 Å². The zero-order valence-corrected chi connectivity index (χ0v) is 14.7. The Bertz CT molecular complexity index is 554. The van der Waals surface area contributed by atoms with Crippen molar-refractivity contribution in [1.29, 1.82) is 0 Å². The van der Waals surface area contributed by atoms with Gasteiger partial charge < -0.3 is 26.8 Å². The highest BCUT2D eigenvalue weighted by atomic mass is 16.3. The Labute approximate surface area is 144 Å². The number of benzene rings is 1. The van der Waals surface area contributed by atoms with Crippen LogP contribution in [0.4, 0.5) is 17.1 Å². The fourth-order valence-corrected chi connectivity index (χ4v) is 3.14. The number of aliphatic hydroxyl groups excluding tert-OH is 1. The fraction of sp³-hybridized carbons (Fsp3) is 0.611. The average Bonchev–Trinajstić information content (AvgIpc) is 2.58. The summed E-state index contributed by atoms with van der Waals surface area (Å²) in [6.45, 7) is 2.98. The molecule has 1 aliphatic carbocycles. The summed E-state index contributed by atoms with van der Waals surface area (Å²) in [5.74, 6) is 0.662. The second kappa shape index (κ2) is 8.78. The van der Waals surface area contributed by atoms with Crippen LogP contribution in [0.3, 0.4) is 0 Å². The summed E-state index contributed by atoms with van der Waals surface area (Å²) in [6.07, 6.45) is 5.01. The van der Waals surface area contributed by atoms with Crippen LogP contribution in [-0.4, -0.2) is 37.3 Å². The summed E-state index contributed by atoms with van der Waals surface area (Å²) < 4.78 is 0. The molecular formula is C18H30N4O2. The summed E-state index contributed by atoms with van der Waals surface area (Å²) in [6, 6.07) is 3.81. The van der Waals surface area contributed by atoms with Crippen LogP contribution in [0.25, 0.3) is 0 Å². The van der Waals surface area contributed by atoms with Crippen molar-refractivity contribution in [2.75, 3.05) is 36.6 Å². The van der Waals surface area contributed by atoms with Gasteiger partial charge in [0.1, 0.15) is 0 Å². The van der Waals surface area contributed by atoms with E-state index in [0.29, 0.717) is 24.2 Å². The van der Waals surface area contributed by atoms with Crippen LogP contribution in [0.5, 0.6) is 0 Å². The van der Waals surface area contributed by atoms with E-state index in [1.54, 1.807) is 13.1 Å². The standard InChI is InChI=1S/C18H30N4O2/c1-12-4-6-13(7-5-12)22-18(24)14-10-15(19)17(20-2)11-16(14)21-8-3-9-23/h10-13,20-21,23H,3-9,19H2,1-2H3,(H,22,24). The van der Waals surface area contributed by atoms with E-state index >= 15 is 0 Å². The highest BCUT2D eigenvalue weighted by molar-refractivity contribution is 6.02. The molecule has 1 aliphatic rings. The zero-order chi connectivity index (χ0) is 17.5. The molecule has 24 heavy (non-hydrogen) atoms. The smallest absolute Gasteiger partial charge is 0.253 e. The lowest BCUT2D eigenvalue weighted by Crippen LogP contribution is -2.37. The summed E-state index contributed by atoms with van der Waals surface area (Å²) in [4.78, 5) is 12.7. The summed E-state index contributed by atoms with van der Waals surface area (Å²) >= 11 is 0. The maximum Gasteiger partial charge on any atom is 0.253 e. The minimum Gasteiger partial charge on any atom is -0.397 e. The van der Waals surface area contributed by atoms with E-state index in [-0.39, 0.29) is 18.6 Å². The molecule has 134 valence electrons. The summed E-state index contributed by atoms with van der Waals surface area (Å²) in [5, 5.41) is 18.4. The van der Waals surface area contributed by atoms with Gasteiger partial charge in [-0.3, -0.25) is 4.79 Å². The van der Waals surface area contributed by atoms with Gasteiger partial charge in [-0.1, -0.05) is 6.92 Å². The molecule has 0 saturated heterocycles. The minimum absolute atomic E-state index is 0.0876. The minimum atomic E-state index is -0.0876. The lowest BCUT2D eigenvalue weighted by Gasteiger charge is -2.27. The van der Waals surface area contributed by atoms with Crippen molar-refractivity contribution >= 4 is 23.0 Å². The van der Waals surface area contributed by atoms with Crippen LogP contribution >= 0.6 is 0 Å². The fourth-order valence-electron chi connectivity index (χ4n) is 3.14. The second-order valence-corrected chi connectivity index (χ2v) is 6.67. The van der Waals surface area contributed by atoms with E-state index in [0.717, 1.165) is 43.0 Å². The largest absolute Gasteiger partial charge is 0.397 e. The number of rotatable bonds is 7. The number of hydrogen-bond donors (Lipinski definition) is 5. The molecule has 0 unspecified atom stereocenters. The quantitative estimate of drug-likeness (QED) is 0.389. The van der Waals surface area contributed by atoms with Crippen molar-refractivity contribution in [3.63, 3.8) is 0 Å². The van der Waals surface area contributed by atoms with Crippen molar-refractivity contribution in [2.45, 2.75) is 45.1 Å². The van der Waals surface area contributed by atoms with Crippen LogP contribution in [0.15, 0.2) is 12.1 Å². The van der Waals surface area contributed by atoms with E-state index in [1.807, 2.05) is 6.07 Å². The lowest BCUT2D eigenvalue weighted by atomic mass is 9.87. The molecule has 0 aromatic heterocycles. The van der Waals surface area contributed by atoms with Crippen molar-refractivity contribution in [3.05, 3.63) is 17.7 Å². The number of nitrogens with one attached hydrogen (secondary N) is 3. The van der Waals surface area contributed by atoms with Gasteiger partial charge in [0, 0.05) is 31.9 Å². The second-order valence-electron chi connectivity index (χ2n) is 6.67. The van der Waals surface area contributed by atoms with E-state index < -0.39 is 0 Å². The first kappa shape index (κ1) is 18.4. The first-order valence-corrected chi connectivity index (χ1v) is 8.82. The number of carbonyl (C=O) groups excluding carboxylic acids is 1. The van der Waals surface area contributed by atoms with Gasteiger partial charge in [-0.15, -0.1) is 0 Å². The molecule has 6 nitrogen and oxygen atoms in total. The van der Waals surface area contributed by atoms with Crippen LogP contribution in [0.2, 0.25) is 0 Å². The Morgan fingerprint density at radius 1 is 1.25 bits per heavy atom. The highest BCUT2D eigenvalue weighted by Crippen LogP contribution is 2.28. The topological polar surface area (TPSA) is 99.4 Å². The Kier molecular flexibility index (Phi) is 6.73. The number of amides is 1. The van der Waals surface area contributed by atoms with Crippen molar-refractivity contribution in [2.24, 2.45) is 5.92 Å². The third-order valence-corrected chi connectivity index (χ3v) is 4.71. The molecule has 6 N–H and O–H groups in total. The highest BCUT2D eigenvalue weighted by Gasteiger charge is 2.22. The van der Waals surface area contributed by atoms with Gasteiger partial charge in [0.25, 0.3) is 5.91 Å². The van der Waals surface area contributed by atoms with Crippen LogP contribution in [0, 0.1) is 5.92 Å². The maximum atomic E-state index is 12.7. The molecule has 1 fully saturated rings. The third-order valence-electron chi connectivity index (χ3n) is 4.71. The maximum absolute atomic E-state index is 12.7. The number of nitrogens with two attached hydrogens (primary N) is 1. The molecule has 1 saturated carbocycles. The molecule has 0 heterocycles. The molecular weight excluding hydrogens is 304 g/mol. The van der Waals surface area contributed by atoms with Crippen LogP contribution in [-0.2, 0) is 0 Å². The number of hydrogen-bond acceptors (Lipinski definition) is 5. The van der Waals surface area contributed by atoms with Crippen molar-refractivity contribution < 1.29 is 9.90 Å². The number of nitrogen functional groups attached to an aromatic ring is 1. The lowest BCUT2D eigenvalue weighted by molar-refractivity contribution is 0.0924. The molecule has 0 atom stereocenters. The average molecular weight is 334 g/mol. The monoisotopic (exact) mass is 334 g/mol. The van der Waals surface area contributed by atoms with E-state index in [1.165, 1.54) is 0 Å².